The monoisotopic (exact) mass is 249 g/mol. The molecular weight excluding hydrogens is 222 g/mol. The van der Waals surface area contributed by atoms with Gasteiger partial charge in [0.2, 0.25) is 0 Å². The number of nitrogens with two attached hydrogens (primary N) is 1. The number of piperidine rings is 1. The van der Waals surface area contributed by atoms with Crippen molar-refractivity contribution in [2.75, 3.05) is 32.7 Å². The Bertz CT molecular complexity index is 296. The maximum absolute atomic E-state index is 5.93. The summed E-state index contributed by atoms with van der Waals surface area (Å²) in [6.45, 7) is 6.49. The zero-order chi connectivity index (χ0) is 12.4. The van der Waals surface area contributed by atoms with Gasteiger partial charge in [0, 0.05) is 25.2 Å². The summed E-state index contributed by atoms with van der Waals surface area (Å²) in [5.41, 5.74) is 5.93. The number of nitrogens with zero attached hydrogens (tertiary/aromatic N) is 2. The topological polar surface area (TPSA) is 32.5 Å². The zero-order valence-electron chi connectivity index (χ0n) is 11.4. The molecule has 0 spiro atoms. The van der Waals surface area contributed by atoms with E-state index in [-0.39, 0.29) is 0 Å². The van der Waals surface area contributed by atoms with Crippen molar-refractivity contribution in [1.82, 2.24) is 9.80 Å². The molecule has 0 saturated carbocycles. The Morgan fingerprint density at radius 1 is 1.06 bits per heavy atom. The van der Waals surface area contributed by atoms with Gasteiger partial charge in [-0.3, -0.25) is 4.90 Å². The fraction of sp³-hybridized carbons (Fsp3) is 0.867. The van der Waals surface area contributed by atoms with E-state index in [2.05, 4.69) is 22.0 Å². The van der Waals surface area contributed by atoms with Crippen molar-refractivity contribution in [3.8, 4) is 0 Å². The molecule has 2 N–H and O–H groups in total. The second-order valence-electron chi connectivity index (χ2n) is 6.34. The smallest absolute Gasteiger partial charge is 0.0235 e. The van der Waals surface area contributed by atoms with Crippen LogP contribution in [0.2, 0.25) is 0 Å². The lowest BCUT2D eigenvalue weighted by Gasteiger charge is -2.32. The summed E-state index contributed by atoms with van der Waals surface area (Å²) in [6, 6.07) is 1.15. The molecule has 3 nitrogen and oxygen atoms in total. The Balaban J connectivity index is 1.45. The summed E-state index contributed by atoms with van der Waals surface area (Å²) in [6.07, 6.45) is 11.3. The van der Waals surface area contributed by atoms with E-state index in [1.165, 1.54) is 58.4 Å². The van der Waals surface area contributed by atoms with Crippen LogP contribution in [0.4, 0.5) is 0 Å². The molecule has 2 heterocycles. The van der Waals surface area contributed by atoms with Crippen LogP contribution in [-0.4, -0.2) is 54.6 Å². The molecule has 0 radical (unpaired) electrons. The number of hydrogen-bond donors (Lipinski definition) is 1. The van der Waals surface area contributed by atoms with Crippen molar-refractivity contribution >= 4 is 0 Å². The van der Waals surface area contributed by atoms with Crippen molar-refractivity contribution in [2.24, 2.45) is 11.7 Å². The predicted molar refractivity (Wildman–Crippen MR) is 75.5 cm³/mol. The van der Waals surface area contributed by atoms with E-state index in [1.807, 2.05) is 0 Å². The van der Waals surface area contributed by atoms with Gasteiger partial charge in [-0.15, -0.1) is 0 Å². The second-order valence-corrected chi connectivity index (χ2v) is 6.34. The Kier molecular flexibility index (Phi) is 4.02. The van der Waals surface area contributed by atoms with Crippen LogP contribution in [0.15, 0.2) is 12.2 Å². The van der Waals surface area contributed by atoms with Crippen molar-refractivity contribution in [1.29, 1.82) is 0 Å². The van der Waals surface area contributed by atoms with Crippen LogP contribution in [0.5, 0.6) is 0 Å². The van der Waals surface area contributed by atoms with Crippen LogP contribution < -0.4 is 5.73 Å². The highest BCUT2D eigenvalue weighted by Gasteiger charge is 2.29. The number of likely N-dealkylation sites (tertiary alicyclic amines) is 2. The second kappa shape index (κ2) is 5.72. The summed E-state index contributed by atoms with van der Waals surface area (Å²) in [7, 11) is 0. The van der Waals surface area contributed by atoms with Crippen LogP contribution in [0.3, 0.4) is 0 Å². The molecule has 0 aromatic carbocycles. The Labute approximate surface area is 111 Å². The maximum atomic E-state index is 5.93. The number of rotatable bonds is 3. The quantitative estimate of drug-likeness (QED) is 0.769. The predicted octanol–water partition coefficient (Wildman–Crippen LogP) is 1.45. The molecular formula is C15H27N3. The molecule has 18 heavy (non-hydrogen) atoms. The maximum Gasteiger partial charge on any atom is 0.0235 e. The van der Waals surface area contributed by atoms with E-state index in [1.54, 1.807) is 0 Å². The van der Waals surface area contributed by atoms with Gasteiger partial charge in [0.1, 0.15) is 0 Å². The molecule has 3 rings (SSSR count). The van der Waals surface area contributed by atoms with E-state index in [0.29, 0.717) is 12.0 Å². The lowest BCUT2D eigenvalue weighted by molar-refractivity contribution is 0.160. The van der Waals surface area contributed by atoms with Crippen LogP contribution in [-0.2, 0) is 0 Å². The minimum atomic E-state index is 0.315. The average Bonchev–Trinajstić information content (AvgIpc) is 3.01. The summed E-state index contributed by atoms with van der Waals surface area (Å²) in [5, 5.41) is 0. The summed E-state index contributed by atoms with van der Waals surface area (Å²) < 4.78 is 0. The van der Waals surface area contributed by atoms with Gasteiger partial charge < -0.3 is 10.6 Å². The molecule has 3 unspecified atom stereocenters. The fourth-order valence-electron chi connectivity index (χ4n) is 3.83. The molecule has 1 aliphatic carbocycles. The van der Waals surface area contributed by atoms with E-state index >= 15 is 0 Å². The van der Waals surface area contributed by atoms with Gasteiger partial charge in [-0.2, -0.15) is 0 Å². The minimum Gasteiger partial charge on any atom is -0.324 e. The standard InChI is InChI=1S/C15H27N3/c16-14-5-4-13(10-14)11-17-9-6-15(12-17)18-7-2-1-3-8-18/h4-5,13-15H,1-3,6-12,16H2. The van der Waals surface area contributed by atoms with Crippen molar-refractivity contribution in [2.45, 2.75) is 44.2 Å². The van der Waals surface area contributed by atoms with Gasteiger partial charge in [-0.25, -0.2) is 0 Å². The minimum absolute atomic E-state index is 0.315. The Hall–Kier alpha value is -0.380. The van der Waals surface area contributed by atoms with Gasteiger partial charge in [-0.05, 0) is 51.2 Å². The van der Waals surface area contributed by atoms with E-state index in [9.17, 15) is 0 Å². The first kappa shape index (κ1) is 12.6. The number of hydrogen-bond acceptors (Lipinski definition) is 3. The van der Waals surface area contributed by atoms with Gasteiger partial charge in [0.25, 0.3) is 0 Å². The molecule has 2 fully saturated rings. The molecule has 2 saturated heterocycles. The van der Waals surface area contributed by atoms with Crippen LogP contribution in [0, 0.1) is 5.92 Å². The lowest BCUT2D eigenvalue weighted by Crippen LogP contribution is -2.41. The molecule has 0 aromatic rings. The third-order valence-electron chi connectivity index (χ3n) is 4.85. The van der Waals surface area contributed by atoms with Gasteiger partial charge >= 0.3 is 0 Å². The molecule has 3 atom stereocenters. The molecule has 3 heteroatoms. The van der Waals surface area contributed by atoms with E-state index < -0.39 is 0 Å². The highest BCUT2D eigenvalue weighted by atomic mass is 15.3. The van der Waals surface area contributed by atoms with Gasteiger partial charge in [-0.1, -0.05) is 18.6 Å². The van der Waals surface area contributed by atoms with Crippen molar-refractivity contribution in [3.63, 3.8) is 0 Å². The lowest BCUT2D eigenvalue weighted by atomic mass is 10.1. The summed E-state index contributed by atoms with van der Waals surface area (Å²) in [4.78, 5) is 5.39. The molecule has 0 bridgehead atoms. The molecule has 0 amide bonds. The highest BCUT2D eigenvalue weighted by Crippen LogP contribution is 2.23. The van der Waals surface area contributed by atoms with Crippen molar-refractivity contribution in [3.05, 3.63) is 12.2 Å². The molecule has 102 valence electrons. The van der Waals surface area contributed by atoms with Crippen LogP contribution >= 0.6 is 0 Å². The van der Waals surface area contributed by atoms with Crippen LogP contribution in [0.1, 0.15) is 32.1 Å². The molecule has 2 aliphatic heterocycles. The first-order valence-electron chi connectivity index (χ1n) is 7.71. The molecule has 3 aliphatic rings. The third kappa shape index (κ3) is 2.95. The van der Waals surface area contributed by atoms with Gasteiger partial charge in [0.15, 0.2) is 0 Å². The van der Waals surface area contributed by atoms with E-state index in [4.69, 9.17) is 5.73 Å². The highest BCUT2D eigenvalue weighted by molar-refractivity contribution is 5.05. The summed E-state index contributed by atoms with van der Waals surface area (Å²) in [5.74, 6) is 0.708. The first-order chi connectivity index (χ1) is 8.81. The fourth-order valence-corrected chi connectivity index (χ4v) is 3.83. The van der Waals surface area contributed by atoms with Gasteiger partial charge in [0.05, 0.1) is 0 Å². The van der Waals surface area contributed by atoms with Crippen LogP contribution in [0.25, 0.3) is 0 Å². The first-order valence-corrected chi connectivity index (χ1v) is 7.71. The van der Waals surface area contributed by atoms with Crippen molar-refractivity contribution < 1.29 is 0 Å². The SMILES string of the molecule is NC1C=CC(CN2CCC(N3CCCCC3)C2)C1. The average molecular weight is 249 g/mol. The normalized spacial score (nSPS) is 38.6. The third-order valence-corrected chi connectivity index (χ3v) is 4.85. The Morgan fingerprint density at radius 3 is 2.61 bits per heavy atom. The van der Waals surface area contributed by atoms with E-state index in [0.717, 1.165) is 12.5 Å². The largest absolute Gasteiger partial charge is 0.324 e. The molecule has 0 aromatic heterocycles. The summed E-state index contributed by atoms with van der Waals surface area (Å²) >= 11 is 0. The zero-order valence-corrected chi connectivity index (χ0v) is 11.4. The Morgan fingerprint density at radius 2 is 1.89 bits per heavy atom.